The molecule has 0 aliphatic carbocycles. The summed E-state index contributed by atoms with van der Waals surface area (Å²) in [6, 6.07) is 7.78. The van der Waals surface area contributed by atoms with Crippen molar-refractivity contribution in [2.24, 2.45) is 0 Å². The Morgan fingerprint density at radius 2 is 1.96 bits per heavy atom. The van der Waals surface area contributed by atoms with Gasteiger partial charge in [-0.3, -0.25) is 0 Å². The monoisotopic (exact) mass is 316 g/mol. The highest BCUT2D eigenvalue weighted by molar-refractivity contribution is 5.91. The van der Waals surface area contributed by atoms with Crippen molar-refractivity contribution in [3.8, 4) is 11.5 Å². The molecular weight excluding hydrogens is 304 g/mol. The van der Waals surface area contributed by atoms with E-state index in [0.717, 1.165) is 0 Å². The van der Waals surface area contributed by atoms with Crippen LogP contribution in [0.4, 0.5) is 4.79 Å². The second-order valence-corrected chi connectivity index (χ2v) is 4.57. The zero-order chi connectivity index (χ0) is 16.4. The summed E-state index contributed by atoms with van der Waals surface area (Å²) in [7, 11) is 1.20. The van der Waals surface area contributed by atoms with Gasteiger partial charge in [-0.1, -0.05) is 0 Å². The average molecular weight is 316 g/mol. The first-order chi connectivity index (χ1) is 11.1. The summed E-state index contributed by atoms with van der Waals surface area (Å²) in [4.78, 5) is 23.2. The van der Waals surface area contributed by atoms with E-state index in [1.807, 2.05) is 0 Å². The molecule has 0 radical (unpaired) electrons. The van der Waals surface area contributed by atoms with E-state index in [1.54, 1.807) is 25.1 Å². The van der Waals surface area contributed by atoms with Crippen LogP contribution < -0.4 is 9.47 Å². The van der Waals surface area contributed by atoms with Crippen LogP contribution in [0.1, 0.15) is 16.3 Å². The summed E-state index contributed by atoms with van der Waals surface area (Å²) in [6.07, 6.45) is 0.510. The normalized spacial score (nSPS) is 10.5. The molecule has 2 aromatic heterocycles. The standard InChI is InChI=1S/C16H12O7/c1-9-14(23-16(18)19-2)11-8-10(5-6-12(11)21-9)22-15(17)13-4-3-7-20-13/h3-8H,1-2H3. The van der Waals surface area contributed by atoms with Gasteiger partial charge in [0.25, 0.3) is 0 Å². The van der Waals surface area contributed by atoms with Gasteiger partial charge in [-0.05, 0) is 37.3 Å². The highest BCUT2D eigenvalue weighted by Crippen LogP contribution is 2.35. The van der Waals surface area contributed by atoms with Gasteiger partial charge in [-0.25, -0.2) is 9.59 Å². The molecule has 0 aliphatic rings. The van der Waals surface area contributed by atoms with Crippen LogP contribution in [0, 0.1) is 6.92 Å². The maximum atomic E-state index is 11.9. The largest absolute Gasteiger partial charge is 0.513 e. The number of benzene rings is 1. The Hall–Kier alpha value is -3.22. The first-order valence-corrected chi connectivity index (χ1v) is 6.63. The third-order valence-corrected chi connectivity index (χ3v) is 3.06. The first kappa shape index (κ1) is 14.7. The van der Waals surface area contributed by atoms with Gasteiger partial charge in [0, 0.05) is 0 Å². The Morgan fingerprint density at radius 3 is 2.65 bits per heavy atom. The van der Waals surface area contributed by atoms with Crippen molar-refractivity contribution >= 4 is 23.1 Å². The van der Waals surface area contributed by atoms with E-state index in [4.69, 9.17) is 18.3 Å². The zero-order valence-electron chi connectivity index (χ0n) is 12.3. The fourth-order valence-electron chi connectivity index (χ4n) is 2.04. The number of methoxy groups -OCH3 is 1. The van der Waals surface area contributed by atoms with Crippen molar-refractivity contribution in [3.63, 3.8) is 0 Å². The Bertz CT molecular complexity index is 858. The van der Waals surface area contributed by atoms with E-state index >= 15 is 0 Å². The second kappa shape index (κ2) is 5.88. The number of aryl methyl sites for hydroxylation is 1. The van der Waals surface area contributed by atoms with Crippen LogP contribution in [-0.4, -0.2) is 19.2 Å². The lowest BCUT2D eigenvalue weighted by Gasteiger charge is -2.03. The molecule has 0 bridgehead atoms. The summed E-state index contributed by atoms with van der Waals surface area (Å²) in [6.45, 7) is 1.65. The molecule has 0 amide bonds. The lowest BCUT2D eigenvalue weighted by molar-refractivity contribution is 0.0701. The van der Waals surface area contributed by atoms with Gasteiger partial charge in [-0.15, -0.1) is 0 Å². The van der Waals surface area contributed by atoms with Gasteiger partial charge >= 0.3 is 12.1 Å². The van der Waals surface area contributed by atoms with Crippen LogP contribution in [0.25, 0.3) is 11.0 Å². The maximum absolute atomic E-state index is 11.9. The van der Waals surface area contributed by atoms with Gasteiger partial charge < -0.3 is 23.0 Å². The van der Waals surface area contributed by atoms with E-state index in [-0.39, 0.29) is 17.3 Å². The quantitative estimate of drug-likeness (QED) is 0.537. The van der Waals surface area contributed by atoms with Crippen LogP contribution in [0.5, 0.6) is 11.5 Å². The number of carbonyl (C=O) groups excluding carboxylic acids is 2. The molecule has 0 spiro atoms. The maximum Gasteiger partial charge on any atom is 0.513 e. The van der Waals surface area contributed by atoms with Gasteiger partial charge in [0.05, 0.1) is 18.8 Å². The summed E-state index contributed by atoms with van der Waals surface area (Å²) >= 11 is 0. The smallest absolute Gasteiger partial charge is 0.457 e. The number of furan rings is 2. The number of hydrogen-bond acceptors (Lipinski definition) is 7. The van der Waals surface area contributed by atoms with Crippen LogP contribution in [0.2, 0.25) is 0 Å². The summed E-state index contributed by atoms with van der Waals surface area (Å²) < 4.78 is 25.2. The summed E-state index contributed by atoms with van der Waals surface area (Å²) in [5.41, 5.74) is 0.485. The summed E-state index contributed by atoms with van der Waals surface area (Å²) in [5.74, 6) is 0.321. The average Bonchev–Trinajstić information content (AvgIpc) is 3.16. The predicted molar refractivity (Wildman–Crippen MR) is 77.7 cm³/mol. The van der Waals surface area contributed by atoms with E-state index < -0.39 is 12.1 Å². The molecule has 0 N–H and O–H groups in total. The molecule has 2 heterocycles. The summed E-state index contributed by atoms with van der Waals surface area (Å²) in [5, 5.41) is 0.484. The molecule has 0 saturated carbocycles. The first-order valence-electron chi connectivity index (χ1n) is 6.63. The molecule has 0 unspecified atom stereocenters. The SMILES string of the molecule is COC(=O)Oc1c(C)oc2ccc(OC(=O)c3ccco3)cc12. The van der Waals surface area contributed by atoms with E-state index in [1.165, 1.54) is 25.5 Å². The van der Waals surface area contributed by atoms with Crippen molar-refractivity contribution in [1.29, 1.82) is 0 Å². The molecule has 118 valence electrons. The number of carbonyl (C=O) groups is 2. The molecule has 7 nitrogen and oxygen atoms in total. The topological polar surface area (TPSA) is 88.1 Å². The minimum Gasteiger partial charge on any atom is -0.457 e. The molecular formula is C16H12O7. The zero-order valence-corrected chi connectivity index (χ0v) is 12.3. The number of rotatable bonds is 3. The molecule has 0 aliphatic heterocycles. The minimum atomic E-state index is -0.867. The van der Waals surface area contributed by atoms with Crippen molar-refractivity contribution in [2.75, 3.05) is 7.11 Å². The highest BCUT2D eigenvalue weighted by Gasteiger charge is 2.18. The Kier molecular flexibility index (Phi) is 3.76. The lowest BCUT2D eigenvalue weighted by atomic mass is 10.2. The third kappa shape index (κ3) is 2.89. The molecule has 3 aromatic rings. The number of esters is 1. The van der Waals surface area contributed by atoms with Crippen molar-refractivity contribution in [3.05, 3.63) is 48.1 Å². The Labute approximate surface area is 130 Å². The van der Waals surface area contributed by atoms with Crippen LogP contribution >= 0.6 is 0 Å². The molecule has 0 atom stereocenters. The van der Waals surface area contributed by atoms with Gasteiger partial charge in [-0.2, -0.15) is 0 Å². The number of ether oxygens (including phenoxy) is 3. The second-order valence-electron chi connectivity index (χ2n) is 4.57. The van der Waals surface area contributed by atoms with E-state index in [0.29, 0.717) is 16.7 Å². The van der Waals surface area contributed by atoms with Crippen molar-refractivity contribution in [2.45, 2.75) is 6.92 Å². The highest BCUT2D eigenvalue weighted by atomic mass is 16.7. The van der Waals surface area contributed by atoms with E-state index in [9.17, 15) is 9.59 Å². The minimum absolute atomic E-state index is 0.0829. The van der Waals surface area contributed by atoms with Crippen molar-refractivity contribution < 1.29 is 32.6 Å². The van der Waals surface area contributed by atoms with Gasteiger partial charge in [0.1, 0.15) is 17.1 Å². The fourth-order valence-corrected chi connectivity index (χ4v) is 2.04. The fraction of sp³-hybridized carbons (Fsp3) is 0.125. The number of hydrogen-bond donors (Lipinski definition) is 0. The van der Waals surface area contributed by atoms with E-state index in [2.05, 4.69) is 4.74 Å². The van der Waals surface area contributed by atoms with Crippen molar-refractivity contribution in [1.82, 2.24) is 0 Å². The molecule has 23 heavy (non-hydrogen) atoms. The number of fused-ring (bicyclic) bond motifs is 1. The van der Waals surface area contributed by atoms with Gasteiger partial charge in [0.2, 0.25) is 5.76 Å². The van der Waals surface area contributed by atoms with Crippen LogP contribution in [-0.2, 0) is 4.74 Å². The Balaban J connectivity index is 1.92. The molecule has 7 heteroatoms. The van der Waals surface area contributed by atoms with Gasteiger partial charge in [0.15, 0.2) is 5.75 Å². The molecule has 0 saturated heterocycles. The molecule has 3 rings (SSSR count). The molecule has 1 aromatic carbocycles. The Morgan fingerprint density at radius 1 is 1.13 bits per heavy atom. The molecule has 0 fully saturated rings. The van der Waals surface area contributed by atoms with Crippen LogP contribution in [0.3, 0.4) is 0 Å². The predicted octanol–water partition coefficient (Wildman–Crippen LogP) is 3.70. The van der Waals surface area contributed by atoms with Crippen LogP contribution in [0.15, 0.2) is 45.4 Å². The lowest BCUT2D eigenvalue weighted by Crippen LogP contribution is -2.08. The third-order valence-electron chi connectivity index (χ3n) is 3.06.